The molecule has 0 unspecified atom stereocenters. The Morgan fingerprint density at radius 1 is 1.00 bits per heavy atom. The zero-order valence-electron chi connectivity index (χ0n) is 20.2. The van der Waals surface area contributed by atoms with Gasteiger partial charge in [0.15, 0.2) is 11.6 Å². The summed E-state index contributed by atoms with van der Waals surface area (Å²) in [5.74, 6) is -1.16. The van der Waals surface area contributed by atoms with Gasteiger partial charge in [0, 0.05) is 21.7 Å². The van der Waals surface area contributed by atoms with Crippen molar-refractivity contribution < 1.29 is 18.3 Å². The molecule has 8 nitrogen and oxygen atoms in total. The first-order chi connectivity index (χ1) is 18.4. The fourth-order valence-corrected chi connectivity index (χ4v) is 4.77. The van der Waals surface area contributed by atoms with Crippen LogP contribution >= 0.6 is 11.3 Å². The van der Waals surface area contributed by atoms with E-state index in [2.05, 4.69) is 25.6 Å². The van der Waals surface area contributed by atoms with Gasteiger partial charge in [-0.15, -0.1) is 11.3 Å². The van der Waals surface area contributed by atoms with Gasteiger partial charge in [0.1, 0.15) is 23.7 Å². The zero-order valence-corrected chi connectivity index (χ0v) is 21.0. The number of halogens is 2. The number of nitrogens with zero attached hydrogens (tertiary/aromatic N) is 3. The standard InChI is InChI=1S/C27H22F2N6O2S/c1-37-17-10-20(27(36)33-11-15-2-5-21(28)22(29)8-15)26(31-12-17)32-13-18-4-7-24(38-18)16-3-6-23-19(9-16)25(30)35-14-34-23/h2-10,12,14H,11,13H2,1H3,(H,31,32)(H,33,36)(H2,30,34,35). The third kappa shape index (κ3) is 5.37. The maximum atomic E-state index is 13.5. The molecule has 0 atom stereocenters. The Hall–Kier alpha value is -4.64. The molecule has 5 aromatic rings. The van der Waals surface area contributed by atoms with E-state index in [0.29, 0.717) is 29.5 Å². The molecule has 11 heteroatoms. The molecule has 1 amide bonds. The first-order valence-corrected chi connectivity index (χ1v) is 12.3. The quantitative estimate of drug-likeness (QED) is 0.253. The molecule has 5 rings (SSSR count). The van der Waals surface area contributed by atoms with Crippen molar-refractivity contribution in [3.05, 3.63) is 94.8 Å². The Kier molecular flexibility index (Phi) is 7.09. The summed E-state index contributed by atoms with van der Waals surface area (Å²) in [4.78, 5) is 27.7. The zero-order chi connectivity index (χ0) is 26.6. The van der Waals surface area contributed by atoms with Gasteiger partial charge in [0.2, 0.25) is 0 Å². The molecule has 0 aliphatic carbocycles. The van der Waals surface area contributed by atoms with Crippen LogP contribution in [0.25, 0.3) is 21.3 Å². The van der Waals surface area contributed by atoms with Gasteiger partial charge in [-0.3, -0.25) is 4.79 Å². The molecule has 3 heterocycles. The summed E-state index contributed by atoms with van der Waals surface area (Å²) >= 11 is 1.59. The van der Waals surface area contributed by atoms with Crippen molar-refractivity contribution in [1.29, 1.82) is 0 Å². The van der Waals surface area contributed by atoms with E-state index in [0.717, 1.165) is 38.4 Å². The molecule has 38 heavy (non-hydrogen) atoms. The highest BCUT2D eigenvalue weighted by Crippen LogP contribution is 2.32. The minimum atomic E-state index is -0.974. The van der Waals surface area contributed by atoms with Gasteiger partial charge in [-0.25, -0.2) is 23.7 Å². The number of nitrogens with two attached hydrogens (primary N) is 1. The van der Waals surface area contributed by atoms with Gasteiger partial charge >= 0.3 is 0 Å². The van der Waals surface area contributed by atoms with Crippen LogP contribution in [-0.2, 0) is 13.1 Å². The predicted molar refractivity (Wildman–Crippen MR) is 143 cm³/mol. The average Bonchev–Trinajstić information content (AvgIpc) is 3.41. The average molecular weight is 533 g/mol. The second-order valence-electron chi connectivity index (χ2n) is 8.31. The fourth-order valence-electron chi connectivity index (χ4n) is 3.83. The Labute approximate surface area is 220 Å². The lowest BCUT2D eigenvalue weighted by atomic mass is 10.1. The third-order valence-corrected chi connectivity index (χ3v) is 6.96. The molecule has 0 fully saturated rings. The Morgan fingerprint density at radius 3 is 2.68 bits per heavy atom. The number of benzene rings is 2. The van der Waals surface area contributed by atoms with Gasteiger partial charge < -0.3 is 21.1 Å². The van der Waals surface area contributed by atoms with Crippen molar-refractivity contribution in [2.24, 2.45) is 0 Å². The van der Waals surface area contributed by atoms with Crippen LogP contribution < -0.4 is 21.1 Å². The van der Waals surface area contributed by atoms with Crippen molar-refractivity contribution in [2.75, 3.05) is 18.2 Å². The van der Waals surface area contributed by atoms with Crippen molar-refractivity contribution in [1.82, 2.24) is 20.3 Å². The number of hydrogen-bond acceptors (Lipinski definition) is 8. The highest BCUT2D eigenvalue weighted by molar-refractivity contribution is 7.15. The summed E-state index contributed by atoms with van der Waals surface area (Å²) in [6.45, 7) is 0.439. The van der Waals surface area contributed by atoms with E-state index in [9.17, 15) is 13.6 Å². The topological polar surface area (TPSA) is 115 Å². The number of thiophene rings is 1. The van der Waals surface area contributed by atoms with Crippen LogP contribution in [0.2, 0.25) is 0 Å². The Morgan fingerprint density at radius 2 is 1.87 bits per heavy atom. The van der Waals surface area contributed by atoms with Gasteiger partial charge in [-0.2, -0.15) is 0 Å². The normalized spacial score (nSPS) is 10.9. The lowest BCUT2D eigenvalue weighted by Crippen LogP contribution is -2.24. The third-order valence-electron chi connectivity index (χ3n) is 5.82. The number of aromatic nitrogens is 3. The molecular weight excluding hydrogens is 510 g/mol. The smallest absolute Gasteiger partial charge is 0.255 e. The predicted octanol–water partition coefficient (Wildman–Crippen LogP) is 5.16. The summed E-state index contributed by atoms with van der Waals surface area (Å²) in [6.07, 6.45) is 2.95. The van der Waals surface area contributed by atoms with Crippen molar-refractivity contribution in [2.45, 2.75) is 13.1 Å². The number of nitrogens with one attached hydrogen (secondary N) is 2. The molecule has 0 aliphatic rings. The molecule has 0 radical (unpaired) electrons. The molecule has 4 N–H and O–H groups in total. The maximum Gasteiger partial charge on any atom is 0.255 e. The Bertz CT molecular complexity index is 1640. The molecule has 192 valence electrons. The number of pyridine rings is 1. The minimum absolute atomic E-state index is 0.0162. The van der Waals surface area contributed by atoms with Crippen LogP contribution in [0.15, 0.2) is 67.1 Å². The summed E-state index contributed by atoms with van der Waals surface area (Å²) < 4.78 is 31.9. The number of methoxy groups -OCH3 is 1. The number of rotatable bonds is 8. The van der Waals surface area contributed by atoms with E-state index >= 15 is 0 Å². The molecule has 0 saturated heterocycles. The summed E-state index contributed by atoms with van der Waals surface area (Å²) in [5, 5.41) is 6.72. The van der Waals surface area contributed by atoms with Crippen LogP contribution in [-0.4, -0.2) is 28.0 Å². The molecule has 0 spiro atoms. The number of nitrogen functional groups attached to an aromatic ring is 1. The molecule has 2 aromatic carbocycles. The van der Waals surface area contributed by atoms with Gasteiger partial charge in [0.05, 0.1) is 30.9 Å². The van der Waals surface area contributed by atoms with Gasteiger partial charge in [0.25, 0.3) is 5.91 Å². The second-order valence-corrected chi connectivity index (χ2v) is 9.48. The molecule has 3 aromatic heterocycles. The number of amides is 1. The van der Waals surface area contributed by atoms with Crippen LogP contribution in [0.1, 0.15) is 20.8 Å². The summed E-state index contributed by atoms with van der Waals surface area (Å²) in [7, 11) is 1.48. The van der Waals surface area contributed by atoms with E-state index in [1.165, 1.54) is 25.7 Å². The minimum Gasteiger partial charge on any atom is -0.495 e. The number of hydrogen-bond donors (Lipinski definition) is 3. The lowest BCUT2D eigenvalue weighted by Gasteiger charge is -2.12. The highest BCUT2D eigenvalue weighted by Gasteiger charge is 2.16. The fraction of sp³-hybridized carbons (Fsp3) is 0.111. The molecule has 0 saturated carbocycles. The van der Waals surface area contributed by atoms with E-state index < -0.39 is 17.5 Å². The van der Waals surface area contributed by atoms with E-state index in [1.807, 2.05) is 30.3 Å². The van der Waals surface area contributed by atoms with Crippen molar-refractivity contribution in [3.8, 4) is 16.2 Å². The van der Waals surface area contributed by atoms with E-state index in [1.54, 1.807) is 17.4 Å². The van der Waals surface area contributed by atoms with Gasteiger partial charge in [-0.1, -0.05) is 12.1 Å². The maximum absolute atomic E-state index is 13.5. The number of fused-ring (bicyclic) bond motifs is 1. The van der Waals surface area contributed by atoms with Crippen molar-refractivity contribution >= 4 is 39.8 Å². The van der Waals surface area contributed by atoms with E-state index in [-0.39, 0.29) is 12.1 Å². The van der Waals surface area contributed by atoms with Crippen LogP contribution in [0.4, 0.5) is 20.4 Å². The second kappa shape index (κ2) is 10.8. The van der Waals surface area contributed by atoms with Crippen molar-refractivity contribution in [3.63, 3.8) is 0 Å². The summed E-state index contributed by atoms with van der Waals surface area (Å²) in [5.41, 5.74) is 8.47. The lowest BCUT2D eigenvalue weighted by molar-refractivity contribution is 0.0951. The van der Waals surface area contributed by atoms with Crippen LogP contribution in [0.5, 0.6) is 5.75 Å². The van der Waals surface area contributed by atoms with E-state index in [4.69, 9.17) is 10.5 Å². The number of carbonyl (C=O) groups excluding carboxylic acids is 1. The SMILES string of the molecule is COc1cnc(NCc2ccc(-c3ccc4ncnc(N)c4c3)s2)c(C(=O)NCc2ccc(F)c(F)c2)c1. The van der Waals surface area contributed by atoms with Crippen LogP contribution in [0, 0.1) is 11.6 Å². The molecule has 0 bridgehead atoms. The highest BCUT2D eigenvalue weighted by atomic mass is 32.1. The summed E-state index contributed by atoms with van der Waals surface area (Å²) in [6, 6.07) is 14.9. The van der Waals surface area contributed by atoms with Crippen LogP contribution in [0.3, 0.4) is 0 Å². The largest absolute Gasteiger partial charge is 0.495 e. The Balaban J connectivity index is 1.30. The monoisotopic (exact) mass is 532 g/mol. The number of anilines is 2. The first-order valence-electron chi connectivity index (χ1n) is 11.5. The number of carbonyl (C=O) groups is 1. The molecule has 0 aliphatic heterocycles. The molecular formula is C27H22F2N6O2S. The number of ether oxygens (including phenoxy) is 1. The first kappa shape index (κ1) is 25.0. The van der Waals surface area contributed by atoms with Gasteiger partial charge in [-0.05, 0) is 53.6 Å².